The Bertz CT molecular complexity index is 1440. The van der Waals surface area contributed by atoms with Gasteiger partial charge in [0.25, 0.3) is 0 Å². The van der Waals surface area contributed by atoms with Gasteiger partial charge in [0, 0.05) is 57.4 Å². The molecule has 0 saturated carbocycles. The van der Waals surface area contributed by atoms with Gasteiger partial charge in [-0.05, 0) is 55.9 Å². The standard InChI is InChI=1S/C28H33FN8O3/c29-22-15-19(26(30)39)1-2-24(22)35-12-4-18(5-13-35)17-34-10-6-20(7-11-34)37-23-3-9-31-27(21(23)16-32-37)36-14-8-25(38)33-28(36)40/h1-3,9,15-16,18,20H,4-8,10-14,17H2,(H2,30,39)(H,33,38,40). The number of pyridine rings is 1. The quantitative estimate of drug-likeness (QED) is 0.485. The molecule has 40 heavy (non-hydrogen) atoms. The van der Waals surface area contributed by atoms with E-state index >= 15 is 0 Å². The molecule has 3 aliphatic heterocycles. The van der Waals surface area contributed by atoms with Crippen molar-refractivity contribution < 1.29 is 18.8 Å². The number of fused-ring (bicyclic) bond motifs is 1. The molecule has 0 aliphatic carbocycles. The third kappa shape index (κ3) is 5.10. The molecule has 1 aromatic carbocycles. The third-order valence-electron chi connectivity index (χ3n) is 8.42. The summed E-state index contributed by atoms with van der Waals surface area (Å²) in [7, 11) is 0. The molecule has 210 valence electrons. The molecule has 6 rings (SSSR count). The molecule has 4 amide bonds. The Hall–Kier alpha value is -4.06. The Morgan fingerprint density at radius 2 is 1.82 bits per heavy atom. The third-order valence-corrected chi connectivity index (χ3v) is 8.42. The lowest BCUT2D eigenvalue weighted by molar-refractivity contribution is -0.120. The largest absolute Gasteiger partial charge is 0.369 e. The van der Waals surface area contributed by atoms with Crippen molar-refractivity contribution in [1.82, 2.24) is 25.0 Å². The van der Waals surface area contributed by atoms with E-state index in [2.05, 4.69) is 29.9 Å². The first-order chi connectivity index (χ1) is 19.4. The van der Waals surface area contributed by atoms with Crippen LogP contribution in [-0.4, -0.2) is 76.8 Å². The summed E-state index contributed by atoms with van der Waals surface area (Å²) in [6.45, 7) is 4.85. The molecule has 0 unspecified atom stereocenters. The maximum Gasteiger partial charge on any atom is 0.329 e. The molecule has 0 bridgehead atoms. The fourth-order valence-corrected chi connectivity index (χ4v) is 6.22. The fourth-order valence-electron chi connectivity index (χ4n) is 6.22. The molecule has 11 nitrogen and oxygen atoms in total. The van der Waals surface area contributed by atoms with Gasteiger partial charge in [0.1, 0.15) is 11.6 Å². The summed E-state index contributed by atoms with van der Waals surface area (Å²) in [6, 6.07) is 6.21. The van der Waals surface area contributed by atoms with Gasteiger partial charge in [-0.25, -0.2) is 14.2 Å². The smallest absolute Gasteiger partial charge is 0.329 e. The minimum atomic E-state index is -0.624. The van der Waals surface area contributed by atoms with Gasteiger partial charge in [-0.15, -0.1) is 0 Å². The summed E-state index contributed by atoms with van der Waals surface area (Å²) < 4.78 is 16.6. The molecule has 3 fully saturated rings. The first-order valence-electron chi connectivity index (χ1n) is 13.9. The van der Waals surface area contributed by atoms with Crippen molar-refractivity contribution in [2.24, 2.45) is 11.7 Å². The number of halogens is 1. The summed E-state index contributed by atoms with van der Waals surface area (Å²) in [5.41, 5.74) is 6.92. The molecule has 0 spiro atoms. The first kappa shape index (κ1) is 26.2. The second-order valence-corrected chi connectivity index (χ2v) is 10.9. The lowest BCUT2D eigenvalue weighted by atomic mass is 9.94. The van der Waals surface area contributed by atoms with Crippen LogP contribution in [0.3, 0.4) is 0 Å². The second-order valence-electron chi connectivity index (χ2n) is 10.9. The molecule has 12 heteroatoms. The zero-order valence-corrected chi connectivity index (χ0v) is 22.3. The number of amides is 4. The Labute approximate surface area is 231 Å². The molecule has 3 aromatic rings. The summed E-state index contributed by atoms with van der Waals surface area (Å²) in [6.07, 6.45) is 7.65. The summed E-state index contributed by atoms with van der Waals surface area (Å²) >= 11 is 0. The van der Waals surface area contributed by atoms with Crippen molar-refractivity contribution in [3.8, 4) is 0 Å². The number of nitrogens with two attached hydrogens (primary N) is 1. The Kier molecular flexibility index (Phi) is 7.09. The fraction of sp³-hybridized carbons (Fsp3) is 0.464. The minimum Gasteiger partial charge on any atom is -0.369 e. The average molecular weight is 549 g/mol. The summed E-state index contributed by atoms with van der Waals surface area (Å²) in [5, 5.41) is 7.85. The number of hydrogen-bond acceptors (Lipinski definition) is 7. The van der Waals surface area contributed by atoms with Crippen molar-refractivity contribution in [1.29, 1.82) is 0 Å². The van der Waals surface area contributed by atoms with E-state index < -0.39 is 17.8 Å². The van der Waals surface area contributed by atoms with Crippen LogP contribution in [0.15, 0.2) is 36.7 Å². The summed E-state index contributed by atoms with van der Waals surface area (Å²) in [5.74, 6) is -0.212. The number of piperidine rings is 2. The van der Waals surface area contributed by atoms with E-state index in [9.17, 15) is 18.8 Å². The van der Waals surface area contributed by atoms with Crippen LogP contribution in [0.4, 0.5) is 20.7 Å². The van der Waals surface area contributed by atoms with Gasteiger partial charge in [-0.3, -0.25) is 24.5 Å². The van der Waals surface area contributed by atoms with E-state index in [1.165, 1.54) is 11.0 Å². The van der Waals surface area contributed by atoms with Gasteiger partial charge in [0.15, 0.2) is 0 Å². The van der Waals surface area contributed by atoms with Gasteiger partial charge in [-0.1, -0.05) is 0 Å². The molecule has 0 radical (unpaired) electrons. The highest BCUT2D eigenvalue weighted by Gasteiger charge is 2.30. The highest BCUT2D eigenvalue weighted by atomic mass is 19.1. The lowest BCUT2D eigenvalue weighted by Gasteiger charge is -2.38. The normalized spacial score (nSPS) is 19.8. The maximum atomic E-state index is 14.6. The SMILES string of the molecule is NC(=O)c1ccc(N2CCC(CN3CCC(n4ncc5c(N6CCC(=O)NC6=O)nccc54)CC3)CC2)c(F)c1. The number of benzene rings is 1. The average Bonchev–Trinajstić information content (AvgIpc) is 3.39. The number of rotatable bonds is 6. The van der Waals surface area contributed by atoms with Crippen molar-refractivity contribution in [3.05, 3.63) is 48.0 Å². The van der Waals surface area contributed by atoms with Crippen LogP contribution < -0.4 is 20.9 Å². The maximum absolute atomic E-state index is 14.6. The number of nitrogens with one attached hydrogen (secondary N) is 1. The number of carbonyl (C=O) groups excluding carboxylic acids is 3. The van der Waals surface area contributed by atoms with Crippen LogP contribution >= 0.6 is 0 Å². The molecule has 3 N–H and O–H groups in total. The Morgan fingerprint density at radius 3 is 2.52 bits per heavy atom. The molecule has 2 aromatic heterocycles. The van der Waals surface area contributed by atoms with Gasteiger partial charge in [-0.2, -0.15) is 5.10 Å². The zero-order chi connectivity index (χ0) is 27.8. The molecule has 3 aliphatic rings. The minimum absolute atomic E-state index is 0.187. The molecular formula is C28H33FN8O3. The van der Waals surface area contributed by atoms with Crippen molar-refractivity contribution in [3.63, 3.8) is 0 Å². The van der Waals surface area contributed by atoms with E-state index in [1.54, 1.807) is 24.5 Å². The van der Waals surface area contributed by atoms with Crippen LogP contribution in [0.5, 0.6) is 0 Å². The van der Waals surface area contributed by atoms with E-state index in [4.69, 9.17) is 5.73 Å². The predicted molar refractivity (Wildman–Crippen MR) is 148 cm³/mol. The second kappa shape index (κ2) is 10.8. The van der Waals surface area contributed by atoms with Crippen molar-refractivity contribution >= 4 is 40.3 Å². The number of nitrogens with zero attached hydrogens (tertiary/aromatic N) is 6. The monoisotopic (exact) mass is 548 g/mol. The van der Waals surface area contributed by atoms with Crippen LogP contribution in [0.25, 0.3) is 10.9 Å². The summed E-state index contributed by atoms with van der Waals surface area (Å²) in [4.78, 5) is 45.8. The number of likely N-dealkylation sites (tertiary alicyclic amines) is 1. The van der Waals surface area contributed by atoms with Crippen LogP contribution in [-0.2, 0) is 4.79 Å². The zero-order valence-electron chi connectivity index (χ0n) is 22.3. The highest BCUT2D eigenvalue weighted by Crippen LogP contribution is 2.32. The number of anilines is 2. The van der Waals surface area contributed by atoms with Crippen molar-refractivity contribution in [2.45, 2.75) is 38.1 Å². The van der Waals surface area contributed by atoms with E-state index in [1.807, 2.05) is 6.07 Å². The number of primary amides is 1. The molecule has 3 saturated heterocycles. The molecule has 5 heterocycles. The van der Waals surface area contributed by atoms with Gasteiger partial charge >= 0.3 is 6.03 Å². The van der Waals surface area contributed by atoms with E-state index in [-0.39, 0.29) is 23.9 Å². The lowest BCUT2D eigenvalue weighted by Crippen LogP contribution is -2.49. The van der Waals surface area contributed by atoms with Gasteiger partial charge in [0.05, 0.1) is 28.8 Å². The molecule has 0 atom stereocenters. The first-order valence-corrected chi connectivity index (χ1v) is 13.9. The Morgan fingerprint density at radius 1 is 1.05 bits per heavy atom. The van der Waals surface area contributed by atoms with Crippen LogP contribution in [0.1, 0.15) is 48.5 Å². The highest BCUT2D eigenvalue weighted by molar-refractivity contribution is 6.08. The van der Waals surface area contributed by atoms with E-state index in [0.717, 1.165) is 69.3 Å². The van der Waals surface area contributed by atoms with Crippen LogP contribution in [0.2, 0.25) is 0 Å². The number of carbonyl (C=O) groups is 3. The van der Waals surface area contributed by atoms with Gasteiger partial charge in [0.2, 0.25) is 11.8 Å². The van der Waals surface area contributed by atoms with Gasteiger partial charge < -0.3 is 15.5 Å². The molecular weight excluding hydrogens is 515 g/mol. The number of hydrogen-bond donors (Lipinski definition) is 2. The number of imide groups is 1. The van der Waals surface area contributed by atoms with Crippen molar-refractivity contribution in [2.75, 3.05) is 49.1 Å². The predicted octanol–water partition coefficient (Wildman–Crippen LogP) is 2.67. The topological polar surface area (TPSA) is 130 Å². The number of urea groups is 1. The Balaban J connectivity index is 1.03. The van der Waals surface area contributed by atoms with E-state index in [0.29, 0.717) is 24.0 Å². The number of aromatic nitrogens is 3. The van der Waals surface area contributed by atoms with Crippen LogP contribution in [0, 0.1) is 11.7 Å².